The van der Waals surface area contributed by atoms with E-state index in [0.29, 0.717) is 0 Å². The van der Waals surface area contributed by atoms with Gasteiger partial charge in [0.25, 0.3) is 0 Å². The van der Waals surface area contributed by atoms with Crippen molar-refractivity contribution < 1.29 is 0 Å². The largest absolute Gasteiger partial charge is 0.337 e. The minimum Gasteiger partial charge on any atom is -0.337 e. The molecule has 1 aromatic rings. The van der Waals surface area contributed by atoms with Gasteiger partial charge in [0, 0.05) is 25.5 Å². The fourth-order valence-electron chi connectivity index (χ4n) is 1.21. The first-order chi connectivity index (χ1) is 6.74. The summed E-state index contributed by atoms with van der Waals surface area (Å²) in [5.41, 5.74) is 0. The molecule has 0 aliphatic carbocycles. The maximum atomic E-state index is 8.68. The Balaban J connectivity index is 2.19. The molecule has 0 bridgehead atoms. The van der Waals surface area contributed by atoms with Crippen molar-refractivity contribution in [3.8, 4) is 6.07 Å². The molecule has 4 heteroatoms. The van der Waals surface area contributed by atoms with Gasteiger partial charge < -0.3 is 4.57 Å². The molecule has 1 atom stereocenters. The summed E-state index contributed by atoms with van der Waals surface area (Å²) in [5.74, 6) is 0. The molecule has 1 unspecified atom stereocenters. The minimum absolute atomic E-state index is 0.00205. The molecular weight excluding hydrogens is 176 g/mol. The number of imidazole rings is 1. The average Bonchev–Trinajstić information content (AvgIpc) is 2.69. The molecule has 76 valence electrons. The van der Waals surface area contributed by atoms with Gasteiger partial charge in [-0.1, -0.05) is 0 Å². The molecule has 0 amide bonds. The van der Waals surface area contributed by atoms with E-state index in [1.54, 1.807) is 6.20 Å². The topological polar surface area (TPSA) is 44.9 Å². The molecule has 4 nitrogen and oxygen atoms in total. The van der Waals surface area contributed by atoms with Crippen molar-refractivity contribution in [2.75, 3.05) is 13.6 Å². The second-order valence-corrected chi connectivity index (χ2v) is 3.44. The van der Waals surface area contributed by atoms with Crippen LogP contribution >= 0.6 is 0 Å². The van der Waals surface area contributed by atoms with E-state index in [0.717, 1.165) is 19.5 Å². The van der Waals surface area contributed by atoms with Gasteiger partial charge in [0.2, 0.25) is 0 Å². The van der Waals surface area contributed by atoms with Crippen LogP contribution in [0.1, 0.15) is 13.3 Å². The van der Waals surface area contributed by atoms with Gasteiger partial charge in [0.05, 0.1) is 18.4 Å². The lowest BCUT2D eigenvalue weighted by Crippen LogP contribution is -2.29. The van der Waals surface area contributed by atoms with E-state index in [1.165, 1.54) is 0 Å². The average molecular weight is 192 g/mol. The van der Waals surface area contributed by atoms with Crippen molar-refractivity contribution >= 4 is 0 Å². The van der Waals surface area contributed by atoms with Crippen LogP contribution in [0.3, 0.4) is 0 Å². The van der Waals surface area contributed by atoms with Crippen molar-refractivity contribution in [2.24, 2.45) is 0 Å². The Bertz CT molecular complexity index is 286. The molecule has 14 heavy (non-hydrogen) atoms. The van der Waals surface area contributed by atoms with Crippen LogP contribution in [0.4, 0.5) is 0 Å². The first-order valence-corrected chi connectivity index (χ1v) is 4.79. The lowest BCUT2D eigenvalue weighted by Gasteiger charge is -2.18. The van der Waals surface area contributed by atoms with Gasteiger partial charge in [-0.15, -0.1) is 0 Å². The third-order valence-corrected chi connectivity index (χ3v) is 2.33. The first kappa shape index (κ1) is 10.7. The third kappa shape index (κ3) is 3.19. The summed E-state index contributed by atoms with van der Waals surface area (Å²) < 4.78 is 2.05. The zero-order chi connectivity index (χ0) is 10.4. The molecule has 1 rings (SSSR count). The van der Waals surface area contributed by atoms with Crippen LogP contribution in [0.15, 0.2) is 18.7 Å². The summed E-state index contributed by atoms with van der Waals surface area (Å²) in [4.78, 5) is 6.02. The highest BCUT2D eigenvalue weighted by Gasteiger charge is 2.05. The van der Waals surface area contributed by atoms with E-state index in [1.807, 2.05) is 31.1 Å². The third-order valence-electron chi connectivity index (χ3n) is 2.33. The van der Waals surface area contributed by atoms with Gasteiger partial charge in [-0.05, 0) is 20.4 Å². The van der Waals surface area contributed by atoms with Crippen molar-refractivity contribution in [1.29, 1.82) is 5.26 Å². The van der Waals surface area contributed by atoms with Crippen LogP contribution < -0.4 is 0 Å². The molecule has 0 N–H and O–H groups in total. The number of nitriles is 1. The van der Waals surface area contributed by atoms with Crippen LogP contribution in [0, 0.1) is 11.3 Å². The molecule has 0 saturated carbocycles. The minimum atomic E-state index is -0.00205. The Kier molecular flexibility index (Phi) is 4.14. The number of nitrogens with zero attached hydrogens (tertiary/aromatic N) is 4. The van der Waals surface area contributed by atoms with Gasteiger partial charge >= 0.3 is 0 Å². The predicted molar refractivity (Wildman–Crippen MR) is 54.5 cm³/mol. The first-order valence-electron chi connectivity index (χ1n) is 4.79. The van der Waals surface area contributed by atoms with Gasteiger partial charge in [0.1, 0.15) is 0 Å². The Morgan fingerprint density at radius 1 is 1.64 bits per heavy atom. The maximum absolute atomic E-state index is 8.68. The number of hydrogen-bond acceptors (Lipinski definition) is 3. The van der Waals surface area contributed by atoms with E-state index < -0.39 is 0 Å². The second-order valence-electron chi connectivity index (χ2n) is 3.44. The molecule has 0 spiro atoms. The van der Waals surface area contributed by atoms with Crippen LogP contribution in [-0.4, -0.2) is 34.1 Å². The summed E-state index contributed by atoms with van der Waals surface area (Å²) in [6.07, 6.45) is 6.59. The molecule has 0 aliphatic heterocycles. The molecule has 1 aromatic heterocycles. The smallest absolute Gasteiger partial charge is 0.0946 e. The number of rotatable bonds is 5. The van der Waals surface area contributed by atoms with Crippen molar-refractivity contribution in [2.45, 2.75) is 25.9 Å². The van der Waals surface area contributed by atoms with E-state index >= 15 is 0 Å². The zero-order valence-electron chi connectivity index (χ0n) is 8.72. The number of aryl methyl sites for hydroxylation is 1. The highest BCUT2D eigenvalue weighted by molar-refractivity contribution is 4.86. The molecule has 0 aromatic carbocycles. The molecular formula is C10H16N4. The number of aromatic nitrogens is 2. The number of hydrogen-bond donors (Lipinski definition) is 0. The predicted octanol–water partition coefficient (Wildman–Crippen LogP) is 1.12. The zero-order valence-corrected chi connectivity index (χ0v) is 8.72. The van der Waals surface area contributed by atoms with Crippen LogP contribution in [0.25, 0.3) is 0 Å². The van der Waals surface area contributed by atoms with Crippen molar-refractivity contribution in [3.05, 3.63) is 18.7 Å². The fourth-order valence-corrected chi connectivity index (χ4v) is 1.21. The Morgan fingerprint density at radius 3 is 3.00 bits per heavy atom. The van der Waals surface area contributed by atoms with Crippen molar-refractivity contribution in [3.63, 3.8) is 0 Å². The van der Waals surface area contributed by atoms with Crippen LogP contribution in [0.2, 0.25) is 0 Å². The monoisotopic (exact) mass is 192 g/mol. The summed E-state index contributed by atoms with van der Waals surface area (Å²) in [7, 11) is 1.97. The highest BCUT2D eigenvalue weighted by Crippen LogP contribution is 1.97. The quantitative estimate of drug-likeness (QED) is 0.702. The normalized spacial score (nSPS) is 12.7. The molecule has 0 fully saturated rings. The van der Waals surface area contributed by atoms with Crippen LogP contribution in [0.5, 0.6) is 0 Å². The fraction of sp³-hybridized carbons (Fsp3) is 0.600. The summed E-state index contributed by atoms with van der Waals surface area (Å²) in [6.45, 7) is 3.81. The van der Waals surface area contributed by atoms with Gasteiger partial charge in [-0.3, -0.25) is 4.90 Å². The van der Waals surface area contributed by atoms with E-state index in [9.17, 15) is 0 Å². The Labute approximate surface area is 84.8 Å². The SMILES string of the molecule is CC(C#N)N(C)CCCn1ccnc1. The Hall–Kier alpha value is -1.34. The second kappa shape index (κ2) is 5.40. The Morgan fingerprint density at radius 2 is 2.43 bits per heavy atom. The summed E-state index contributed by atoms with van der Waals surface area (Å²) >= 11 is 0. The van der Waals surface area contributed by atoms with E-state index in [2.05, 4.69) is 16.0 Å². The lowest BCUT2D eigenvalue weighted by molar-refractivity contribution is 0.292. The van der Waals surface area contributed by atoms with Crippen LogP contribution in [-0.2, 0) is 6.54 Å². The molecule has 1 heterocycles. The van der Waals surface area contributed by atoms with E-state index in [4.69, 9.17) is 5.26 Å². The van der Waals surface area contributed by atoms with Gasteiger partial charge in [-0.2, -0.15) is 5.26 Å². The van der Waals surface area contributed by atoms with Gasteiger partial charge in [0.15, 0.2) is 0 Å². The van der Waals surface area contributed by atoms with Crippen molar-refractivity contribution in [1.82, 2.24) is 14.5 Å². The highest BCUT2D eigenvalue weighted by atomic mass is 15.1. The molecule has 0 saturated heterocycles. The lowest BCUT2D eigenvalue weighted by atomic mass is 10.3. The van der Waals surface area contributed by atoms with E-state index in [-0.39, 0.29) is 6.04 Å². The standard InChI is InChI=1S/C10H16N4/c1-10(8-11)13(2)5-3-6-14-7-4-12-9-14/h4,7,9-10H,3,5-6H2,1-2H3. The van der Waals surface area contributed by atoms with Gasteiger partial charge in [-0.25, -0.2) is 4.98 Å². The summed E-state index contributed by atoms with van der Waals surface area (Å²) in [5, 5.41) is 8.68. The molecule has 0 radical (unpaired) electrons. The molecule has 0 aliphatic rings. The maximum Gasteiger partial charge on any atom is 0.0946 e. The summed E-state index contributed by atoms with van der Waals surface area (Å²) in [6, 6.07) is 2.21.